The van der Waals surface area contributed by atoms with Gasteiger partial charge in [0.2, 0.25) is 0 Å². The Balaban J connectivity index is 1.98. The summed E-state index contributed by atoms with van der Waals surface area (Å²) in [6, 6.07) is 0. The van der Waals surface area contributed by atoms with Crippen LogP contribution in [0.15, 0.2) is 17.8 Å². The van der Waals surface area contributed by atoms with E-state index in [0.29, 0.717) is 4.99 Å². The molecule has 0 aliphatic rings. The molecular formula is C11H16N4S2. The first-order chi connectivity index (χ1) is 8.19. The van der Waals surface area contributed by atoms with Crippen molar-refractivity contribution in [1.82, 2.24) is 14.3 Å². The van der Waals surface area contributed by atoms with Gasteiger partial charge in [-0.1, -0.05) is 19.1 Å². The molecule has 0 radical (unpaired) electrons. The zero-order chi connectivity index (χ0) is 12.3. The second-order valence-electron chi connectivity index (χ2n) is 3.91. The average molecular weight is 268 g/mol. The highest BCUT2D eigenvalue weighted by molar-refractivity contribution is 7.80. The third-order valence-corrected chi connectivity index (χ3v) is 3.63. The molecule has 2 aromatic rings. The van der Waals surface area contributed by atoms with Gasteiger partial charge in [-0.05, 0) is 6.54 Å². The Kier molecular flexibility index (Phi) is 4.09. The van der Waals surface area contributed by atoms with Crippen LogP contribution in [-0.4, -0.2) is 32.4 Å². The predicted molar refractivity (Wildman–Crippen MR) is 75.4 cm³/mol. The van der Waals surface area contributed by atoms with E-state index in [9.17, 15) is 0 Å². The molecule has 2 N–H and O–H groups in total. The fourth-order valence-electron chi connectivity index (χ4n) is 1.70. The van der Waals surface area contributed by atoms with E-state index >= 15 is 0 Å². The highest BCUT2D eigenvalue weighted by Crippen LogP contribution is 2.12. The Bertz CT molecular complexity index is 474. The van der Waals surface area contributed by atoms with Crippen LogP contribution >= 0.6 is 23.6 Å². The molecule has 0 unspecified atom stereocenters. The summed E-state index contributed by atoms with van der Waals surface area (Å²) in [4.78, 5) is 8.49. The molecule has 2 heterocycles. The lowest BCUT2D eigenvalue weighted by Gasteiger charge is -2.18. The Morgan fingerprint density at radius 3 is 3.12 bits per heavy atom. The van der Waals surface area contributed by atoms with Crippen molar-refractivity contribution in [1.29, 1.82) is 0 Å². The molecule has 0 aliphatic heterocycles. The van der Waals surface area contributed by atoms with Crippen LogP contribution in [-0.2, 0) is 6.54 Å². The molecule has 2 aromatic heterocycles. The first-order valence-corrected chi connectivity index (χ1v) is 6.89. The van der Waals surface area contributed by atoms with Crippen LogP contribution in [0.1, 0.15) is 19.0 Å². The van der Waals surface area contributed by atoms with Crippen molar-refractivity contribution in [3.63, 3.8) is 0 Å². The maximum atomic E-state index is 5.52. The van der Waals surface area contributed by atoms with Gasteiger partial charge in [0.15, 0.2) is 4.96 Å². The lowest BCUT2D eigenvalue weighted by molar-refractivity contribution is 0.286. The zero-order valence-corrected chi connectivity index (χ0v) is 11.4. The number of aromatic nitrogens is 2. The second kappa shape index (κ2) is 5.57. The van der Waals surface area contributed by atoms with Crippen LogP contribution in [0.3, 0.4) is 0 Å². The van der Waals surface area contributed by atoms with E-state index in [4.69, 9.17) is 18.0 Å². The predicted octanol–water partition coefficient (Wildman–Crippen LogP) is 1.89. The third kappa shape index (κ3) is 3.24. The fraction of sp³-hybridized carbons (Fsp3) is 0.455. The Labute approximate surface area is 110 Å². The molecule has 17 heavy (non-hydrogen) atoms. The molecule has 92 valence electrons. The number of nitrogens with two attached hydrogens (primary N) is 1. The van der Waals surface area contributed by atoms with Crippen LogP contribution in [0, 0.1) is 0 Å². The van der Waals surface area contributed by atoms with Gasteiger partial charge >= 0.3 is 0 Å². The normalized spacial score (nSPS) is 11.4. The summed E-state index contributed by atoms with van der Waals surface area (Å²) in [5.41, 5.74) is 6.62. The first kappa shape index (κ1) is 12.5. The molecule has 0 saturated heterocycles. The molecule has 0 aromatic carbocycles. The standard InChI is InChI=1S/C11H16N4S2/c1-2-14(4-3-10(12)16)7-9-8-15-5-6-17-11(15)13-9/h5-6,8H,2-4,7H2,1H3,(H2,12,16). The van der Waals surface area contributed by atoms with Gasteiger partial charge in [-0.3, -0.25) is 9.30 Å². The second-order valence-corrected chi connectivity index (χ2v) is 5.31. The number of nitrogens with zero attached hydrogens (tertiary/aromatic N) is 3. The topological polar surface area (TPSA) is 46.6 Å². The minimum atomic E-state index is 0.578. The molecule has 0 spiro atoms. The van der Waals surface area contributed by atoms with Crippen molar-refractivity contribution in [2.24, 2.45) is 5.73 Å². The van der Waals surface area contributed by atoms with Crippen LogP contribution in [0.5, 0.6) is 0 Å². The molecule has 4 nitrogen and oxygen atoms in total. The molecule has 0 fully saturated rings. The van der Waals surface area contributed by atoms with Crippen molar-refractivity contribution >= 4 is 33.5 Å². The van der Waals surface area contributed by atoms with Gasteiger partial charge in [0.25, 0.3) is 0 Å². The molecule has 0 saturated carbocycles. The number of hydrogen-bond donors (Lipinski definition) is 1. The number of fused-ring (bicyclic) bond motifs is 1. The lowest BCUT2D eigenvalue weighted by atomic mass is 10.3. The van der Waals surface area contributed by atoms with Gasteiger partial charge in [0.05, 0.1) is 10.7 Å². The highest BCUT2D eigenvalue weighted by atomic mass is 32.1. The minimum Gasteiger partial charge on any atom is -0.393 e. The van der Waals surface area contributed by atoms with Gasteiger partial charge in [0.1, 0.15) is 0 Å². The number of hydrogen-bond acceptors (Lipinski definition) is 4. The van der Waals surface area contributed by atoms with E-state index in [1.54, 1.807) is 11.3 Å². The maximum Gasteiger partial charge on any atom is 0.193 e. The summed E-state index contributed by atoms with van der Waals surface area (Å²) in [5, 5.41) is 2.04. The summed E-state index contributed by atoms with van der Waals surface area (Å²) in [6.45, 7) is 4.87. The van der Waals surface area contributed by atoms with E-state index < -0.39 is 0 Å². The summed E-state index contributed by atoms with van der Waals surface area (Å²) in [6.07, 6.45) is 4.88. The van der Waals surface area contributed by atoms with Gasteiger partial charge < -0.3 is 5.73 Å². The van der Waals surface area contributed by atoms with E-state index in [-0.39, 0.29) is 0 Å². The monoisotopic (exact) mass is 268 g/mol. The van der Waals surface area contributed by atoms with Crippen molar-refractivity contribution < 1.29 is 0 Å². The van der Waals surface area contributed by atoms with Crippen molar-refractivity contribution in [2.45, 2.75) is 19.9 Å². The van der Waals surface area contributed by atoms with Crippen LogP contribution in [0.2, 0.25) is 0 Å². The number of thiazole rings is 1. The number of thiocarbonyl (C=S) groups is 1. The molecule has 0 bridgehead atoms. The number of imidazole rings is 1. The molecule has 6 heteroatoms. The average Bonchev–Trinajstić information content (AvgIpc) is 2.83. The highest BCUT2D eigenvalue weighted by Gasteiger charge is 2.08. The summed E-state index contributed by atoms with van der Waals surface area (Å²) >= 11 is 6.55. The van der Waals surface area contributed by atoms with Gasteiger partial charge in [-0.2, -0.15) is 0 Å². The van der Waals surface area contributed by atoms with Crippen LogP contribution in [0.25, 0.3) is 4.96 Å². The van der Waals surface area contributed by atoms with Gasteiger partial charge in [0, 0.05) is 37.3 Å². The van der Waals surface area contributed by atoms with Crippen molar-refractivity contribution in [2.75, 3.05) is 13.1 Å². The van der Waals surface area contributed by atoms with E-state index in [2.05, 4.69) is 27.4 Å². The first-order valence-electron chi connectivity index (χ1n) is 5.60. The Hall–Kier alpha value is -0.980. The van der Waals surface area contributed by atoms with Gasteiger partial charge in [-0.15, -0.1) is 11.3 Å². The van der Waals surface area contributed by atoms with E-state index in [0.717, 1.165) is 36.7 Å². The molecule has 0 atom stereocenters. The zero-order valence-electron chi connectivity index (χ0n) is 9.80. The SMILES string of the molecule is CCN(CCC(N)=S)Cc1cn2ccsc2n1. The third-order valence-electron chi connectivity index (χ3n) is 2.65. The maximum absolute atomic E-state index is 5.52. The quantitative estimate of drug-likeness (QED) is 0.813. The Morgan fingerprint density at radius 2 is 2.47 bits per heavy atom. The summed E-state index contributed by atoms with van der Waals surface area (Å²) in [5.74, 6) is 0. The Morgan fingerprint density at radius 1 is 1.65 bits per heavy atom. The smallest absolute Gasteiger partial charge is 0.193 e. The fourth-order valence-corrected chi connectivity index (χ4v) is 2.51. The van der Waals surface area contributed by atoms with E-state index in [1.165, 1.54) is 0 Å². The minimum absolute atomic E-state index is 0.578. The molecule has 0 aliphatic carbocycles. The molecular weight excluding hydrogens is 252 g/mol. The number of rotatable bonds is 6. The summed E-state index contributed by atoms with van der Waals surface area (Å²) < 4.78 is 2.06. The van der Waals surface area contributed by atoms with Crippen LogP contribution < -0.4 is 5.73 Å². The van der Waals surface area contributed by atoms with Crippen LogP contribution in [0.4, 0.5) is 0 Å². The van der Waals surface area contributed by atoms with E-state index in [1.807, 2.05) is 11.6 Å². The van der Waals surface area contributed by atoms with Crippen molar-refractivity contribution in [3.8, 4) is 0 Å². The summed E-state index contributed by atoms with van der Waals surface area (Å²) in [7, 11) is 0. The van der Waals surface area contributed by atoms with Crippen molar-refractivity contribution in [3.05, 3.63) is 23.5 Å². The largest absolute Gasteiger partial charge is 0.393 e. The van der Waals surface area contributed by atoms with Gasteiger partial charge in [-0.25, -0.2) is 4.98 Å². The molecule has 0 amide bonds. The molecule has 2 rings (SSSR count). The lowest BCUT2D eigenvalue weighted by Crippen LogP contribution is -2.27.